The monoisotopic (exact) mass is 274 g/mol. The number of ether oxygens (including phenoxy) is 2. The van der Waals surface area contributed by atoms with Gasteiger partial charge in [-0.15, -0.1) is 0 Å². The van der Waals surface area contributed by atoms with Crippen LogP contribution in [-0.4, -0.2) is 37.5 Å². The van der Waals surface area contributed by atoms with Crippen molar-refractivity contribution in [1.29, 1.82) is 0 Å². The maximum absolute atomic E-state index is 11.2. The number of hydrogen-bond donors (Lipinski definition) is 2. The normalized spacial score (nSPS) is 11.8. The standard InChI is InChI=1S/C13H26N2O4/c1-5-14-12(16)19-11(4)8-6-7-9-15-13(17)18-10(2)3/h10-11H,5-9H2,1-4H3,(H,14,16)(H,15,17). The molecule has 2 N–H and O–H groups in total. The molecule has 1 unspecified atom stereocenters. The van der Waals surface area contributed by atoms with Crippen molar-refractivity contribution in [3.63, 3.8) is 0 Å². The Morgan fingerprint density at radius 2 is 1.63 bits per heavy atom. The lowest BCUT2D eigenvalue weighted by molar-refractivity contribution is 0.101. The zero-order valence-corrected chi connectivity index (χ0v) is 12.3. The van der Waals surface area contributed by atoms with Crippen molar-refractivity contribution in [2.45, 2.75) is 59.2 Å². The van der Waals surface area contributed by atoms with Crippen LogP contribution in [-0.2, 0) is 9.47 Å². The minimum absolute atomic E-state index is 0.106. The molecule has 6 heteroatoms. The van der Waals surface area contributed by atoms with Crippen molar-refractivity contribution < 1.29 is 19.1 Å². The Morgan fingerprint density at radius 1 is 1.00 bits per heavy atom. The van der Waals surface area contributed by atoms with Crippen molar-refractivity contribution in [2.24, 2.45) is 0 Å². The molecule has 6 nitrogen and oxygen atoms in total. The summed E-state index contributed by atoms with van der Waals surface area (Å²) >= 11 is 0. The second kappa shape index (κ2) is 10.5. The van der Waals surface area contributed by atoms with Crippen LogP contribution in [0.3, 0.4) is 0 Å². The van der Waals surface area contributed by atoms with E-state index in [0.717, 1.165) is 19.3 Å². The van der Waals surface area contributed by atoms with Gasteiger partial charge in [-0.1, -0.05) is 0 Å². The van der Waals surface area contributed by atoms with Gasteiger partial charge in [0, 0.05) is 13.1 Å². The van der Waals surface area contributed by atoms with Crippen LogP contribution >= 0.6 is 0 Å². The first-order valence-electron chi connectivity index (χ1n) is 6.84. The quantitative estimate of drug-likeness (QED) is 0.666. The van der Waals surface area contributed by atoms with Crippen LogP contribution in [0.2, 0.25) is 0 Å². The smallest absolute Gasteiger partial charge is 0.407 e. The molecule has 0 rings (SSSR count). The van der Waals surface area contributed by atoms with Crippen LogP contribution in [0.15, 0.2) is 0 Å². The molecule has 0 bridgehead atoms. The molecule has 0 saturated carbocycles. The number of unbranched alkanes of at least 4 members (excludes halogenated alkanes) is 1. The van der Waals surface area contributed by atoms with Crippen LogP contribution in [0.25, 0.3) is 0 Å². The number of carbonyl (C=O) groups is 2. The average molecular weight is 274 g/mol. The number of carbonyl (C=O) groups excluding carboxylic acids is 2. The predicted octanol–water partition coefficient (Wildman–Crippen LogP) is 2.43. The van der Waals surface area contributed by atoms with Crippen LogP contribution in [0, 0.1) is 0 Å². The van der Waals surface area contributed by atoms with Gasteiger partial charge >= 0.3 is 12.2 Å². The molecule has 0 spiro atoms. The third-order valence-electron chi connectivity index (χ3n) is 2.28. The van der Waals surface area contributed by atoms with E-state index in [0.29, 0.717) is 13.1 Å². The van der Waals surface area contributed by atoms with E-state index in [1.807, 2.05) is 13.8 Å². The Hall–Kier alpha value is -1.46. The fourth-order valence-corrected chi connectivity index (χ4v) is 1.43. The Balaban J connectivity index is 3.48. The summed E-state index contributed by atoms with van der Waals surface area (Å²) in [5, 5.41) is 5.24. The first-order valence-corrected chi connectivity index (χ1v) is 6.84. The van der Waals surface area contributed by atoms with E-state index in [9.17, 15) is 9.59 Å². The molecule has 0 radical (unpaired) electrons. The number of hydrogen-bond acceptors (Lipinski definition) is 4. The summed E-state index contributed by atoms with van der Waals surface area (Å²) < 4.78 is 10.0. The highest BCUT2D eigenvalue weighted by molar-refractivity contribution is 5.67. The van der Waals surface area contributed by atoms with Gasteiger partial charge in [-0.2, -0.15) is 0 Å². The third kappa shape index (κ3) is 11.4. The molecule has 0 aliphatic rings. The molecule has 2 amide bonds. The lowest BCUT2D eigenvalue weighted by atomic mass is 10.2. The van der Waals surface area contributed by atoms with E-state index in [4.69, 9.17) is 9.47 Å². The van der Waals surface area contributed by atoms with Gasteiger partial charge in [-0.25, -0.2) is 9.59 Å². The van der Waals surface area contributed by atoms with Crippen LogP contribution in [0.1, 0.15) is 47.0 Å². The number of rotatable bonds is 8. The molecule has 0 fully saturated rings. The van der Waals surface area contributed by atoms with Crippen molar-refractivity contribution in [3.05, 3.63) is 0 Å². The number of alkyl carbamates (subject to hydrolysis) is 2. The highest BCUT2D eigenvalue weighted by Crippen LogP contribution is 2.04. The molecular formula is C13H26N2O4. The van der Waals surface area contributed by atoms with Gasteiger partial charge in [0.05, 0.1) is 6.10 Å². The number of amides is 2. The molecule has 0 saturated heterocycles. The second-order valence-electron chi connectivity index (χ2n) is 4.62. The lowest BCUT2D eigenvalue weighted by Crippen LogP contribution is -2.28. The second-order valence-corrected chi connectivity index (χ2v) is 4.62. The molecule has 112 valence electrons. The van der Waals surface area contributed by atoms with E-state index in [2.05, 4.69) is 10.6 Å². The molecule has 0 heterocycles. The third-order valence-corrected chi connectivity index (χ3v) is 2.28. The Kier molecular flexibility index (Phi) is 9.66. The molecular weight excluding hydrogens is 248 g/mol. The molecule has 0 aliphatic carbocycles. The summed E-state index contributed by atoms with van der Waals surface area (Å²) in [5.74, 6) is 0. The van der Waals surface area contributed by atoms with Crippen molar-refractivity contribution in [1.82, 2.24) is 10.6 Å². The SMILES string of the molecule is CCNC(=O)OC(C)CCCCNC(=O)OC(C)C. The lowest BCUT2D eigenvalue weighted by Gasteiger charge is -2.13. The largest absolute Gasteiger partial charge is 0.447 e. The van der Waals surface area contributed by atoms with E-state index >= 15 is 0 Å². The maximum Gasteiger partial charge on any atom is 0.407 e. The van der Waals surface area contributed by atoms with Crippen LogP contribution in [0.5, 0.6) is 0 Å². The van der Waals surface area contributed by atoms with Gasteiger partial charge in [0.25, 0.3) is 0 Å². The Labute approximate surface area is 115 Å². The van der Waals surface area contributed by atoms with Gasteiger partial charge in [0.1, 0.15) is 6.10 Å². The Bertz CT molecular complexity index is 269. The van der Waals surface area contributed by atoms with Crippen molar-refractivity contribution in [3.8, 4) is 0 Å². The zero-order valence-electron chi connectivity index (χ0n) is 12.3. The van der Waals surface area contributed by atoms with Crippen molar-refractivity contribution >= 4 is 12.2 Å². The molecule has 0 aromatic rings. The van der Waals surface area contributed by atoms with E-state index in [-0.39, 0.29) is 24.4 Å². The molecule has 1 atom stereocenters. The summed E-state index contributed by atoms with van der Waals surface area (Å²) in [7, 11) is 0. The molecule has 0 aromatic carbocycles. The fraction of sp³-hybridized carbons (Fsp3) is 0.846. The van der Waals surface area contributed by atoms with Gasteiger partial charge in [0.15, 0.2) is 0 Å². The van der Waals surface area contributed by atoms with Crippen molar-refractivity contribution in [2.75, 3.05) is 13.1 Å². The average Bonchev–Trinajstić information content (AvgIpc) is 2.27. The molecule has 0 aliphatic heterocycles. The number of nitrogens with one attached hydrogen (secondary N) is 2. The fourth-order valence-electron chi connectivity index (χ4n) is 1.43. The minimum Gasteiger partial charge on any atom is -0.447 e. The highest BCUT2D eigenvalue weighted by Gasteiger charge is 2.08. The van der Waals surface area contributed by atoms with Crippen LogP contribution < -0.4 is 10.6 Å². The topological polar surface area (TPSA) is 76.7 Å². The van der Waals surface area contributed by atoms with Crippen LogP contribution in [0.4, 0.5) is 9.59 Å². The summed E-state index contributed by atoms with van der Waals surface area (Å²) in [6.07, 6.45) is 1.49. The Morgan fingerprint density at radius 3 is 2.21 bits per heavy atom. The van der Waals surface area contributed by atoms with E-state index in [1.54, 1.807) is 13.8 Å². The summed E-state index contributed by atoms with van der Waals surface area (Å²) in [5.41, 5.74) is 0. The molecule has 0 aromatic heterocycles. The summed E-state index contributed by atoms with van der Waals surface area (Å²) in [6, 6.07) is 0. The first-order chi connectivity index (χ1) is 8.95. The highest BCUT2D eigenvalue weighted by atomic mass is 16.6. The predicted molar refractivity (Wildman–Crippen MR) is 73.1 cm³/mol. The van der Waals surface area contributed by atoms with E-state index in [1.165, 1.54) is 0 Å². The van der Waals surface area contributed by atoms with E-state index < -0.39 is 0 Å². The first kappa shape index (κ1) is 17.5. The zero-order chi connectivity index (χ0) is 14.7. The van der Waals surface area contributed by atoms with Gasteiger partial charge in [0.2, 0.25) is 0 Å². The van der Waals surface area contributed by atoms with Gasteiger partial charge < -0.3 is 20.1 Å². The van der Waals surface area contributed by atoms with Gasteiger partial charge in [-0.3, -0.25) is 0 Å². The maximum atomic E-state index is 11.2. The minimum atomic E-state index is -0.387. The summed E-state index contributed by atoms with van der Waals surface area (Å²) in [6.45, 7) is 8.44. The molecule has 19 heavy (non-hydrogen) atoms. The van der Waals surface area contributed by atoms with Gasteiger partial charge in [-0.05, 0) is 47.0 Å². The summed E-state index contributed by atoms with van der Waals surface area (Å²) in [4.78, 5) is 22.3.